The molecule has 1 aromatic rings. The summed E-state index contributed by atoms with van der Waals surface area (Å²) in [4.78, 5) is 11.9. The van der Waals surface area contributed by atoms with E-state index in [4.69, 9.17) is 10.5 Å². The number of nitrogen functional groups attached to an aromatic ring is 1. The van der Waals surface area contributed by atoms with Gasteiger partial charge in [0.1, 0.15) is 5.69 Å². The van der Waals surface area contributed by atoms with Crippen molar-refractivity contribution >= 4 is 11.6 Å². The zero-order valence-electron chi connectivity index (χ0n) is 10.7. The van der Waals surface area contributed by atoms with Gasteiger partial charge in [-0.25, -0.2) is 0 Å². The molecule has 96 valence electrons. The molecule has 0 bridgehead atoms. The largest absolute Gasteiger partial charge is 0.397 e. The Bertz CT molecular complexity index is 372. The number of rotatable bonds is 6. The van der Waals surface area contributed by atoms with E-state index in [1.165, 1.54) is 0 Å². The van der Waals surface area contributed by atoms with Crippen molar-refractivity contribution in [2.45, 2.75) is 26.8 Å². The number of nitrogens with two attached hydrogens (primary N) is 1. The lowest BCUT2D eigenvalue weighted by Gasteiger charge is -2.12. The van der Waals surface area contributed by atoms with Crippen molar-refractivity contribution in [3.63, 3.8) is 0 Å². The average Bonchev–Trinajstić information content (AvgIpc) is 2.66. The average molecular weight is 239 g/mol. The topological polar surface area (TPSA) is 69.3 Å². The van der Waals surface area contributed by atoms with Crippen molar-refractivity contribution in [3.8, 4) is 0 Å². The molecule has 5 nitrogen and oxygen atoms in total. The molecular weight excluding hydrogens is 218 g/mol. The van der Waals surface area contributed by atoms with E-state index in [-0.39, 0.29) is 11.9 Å². The molecule has 0 atom stereocenters. The molecule has 1 rings (SSSR count). The third kappa shape index (κ3) is 3.78. The first-order valence-electron chi connectivity index (χ1n) is 5.89. The predicted molar refractivity (Wildman–Crippen MR) is 68.1 cm³/mol. The van der Waals surface area contributed by atoms with E-state index in [0.717, 1.165) is 0 Å². The standard InChI is InChI=1S/C12H21N3O2/c1-4-17-6-5-14-12(16)11-7-10(13)8-15(11)9(2)3/h7-9H,4-6,13H2,1-3H3,(H,14,16). The highest BCUT2D eigenvalue weighted by molar-refractivity contribution is 5.93. The fourth-order valence-corrected chi connectivity index (χ4v) is 1.58. The molecule has 1 amide bonds. The SMILES string of the molecule is CCOCCNC(=O)c1cc(N)cn1C(C)C. The highest BCUT2D eigenvalue weighted by atomic mass is 16.5. The molecule has 1 aromatic heterocycles. The second kappa shape index (κ2) is 6.30. The Kier molecular flexibility index (Phi) is 5.03. The third-order valence-electron chi connectivity index (χ3n) is 2.39. The maximum absolute atomic E-state index is 11.9. The number of carbonyl (C=O) groups excluding carboxylic acids is 1. The van der Waals surface area contributed by atoms with E-state index in [1.54, 1.807) is 12.3 Å². The number of aromatic nitrogens is 1. The summed E-state index contributed by atoms with van der Waals surface area (Å²) in [6.45, 7) is 7.64. The molecule has 0 radical (unpaired) electrons. The summed E-state index contributed by atoms with van der Waals surface area (Å²) in [6, 6.07) is 1.90. The molecule has 3 N–H and O–H groups in total. The number of hydrogen-bond acceptors (Lipinski definition) is 3. The lowest BCUT2D eigenvalue weighted by Crippen LogP contribution is -2.29. The Morgan fingerprint density at radius 1 is 1.59 bits per heavy atom. The molecule has 0 saturated carbocycles. The zero-order valence-corrected chi connectivity index (χ0v) is 10.7. The van der Waals surface area contributed by atoms with E-state index in [2.05, 4.69) is 5.32 Å². The van der Waals surface area contributed by atoms with Gasteiger partial charge in [-0.1, -0.05) is 0 Å². The highest BCUT2D eigenvalue weighted by Gasteiger charge is 2.13. The molecule has 0 unspecified atom stereocenters. The summed E-state index contributed by atoms with van der Waals surface area (Å²) < 4.78 is 7.02. The Morgan fingerprint density at radius 2 is 2.29 bits per heavy atom. The molecule has 0 spiro atoms. The van der Waals surface area contributed by atoms with Crippen LogP contribution in [0.3, 0.4) is 0 Å². The van der Waals surface area contributed by atoms with E-state index < -0.39 is 0 Å². The van der Waals surface area contributed by atoms with Crippen LogP contribution in [0.15, 0.2) is 12.3 Å². The van der Waals surface area contributed by atoms with Crippen LogP contribution in [-0.4, -0.2) is 30.2 Å². The first kappa shape index (κ1) is 13.6. The lowest BCUT2D eigenvalue weighted by molar-refractivity contribution is 0.0912. The van der Waals surface area contributed by atoms with Crippen molar-refractivity contribution in [2.24, 2.45) is 0 Å². The smallest absolute Gasteiger partial charge is 0.268 e. The second-order valence-electron chi connectivity index (χ2n) is 4.11. The maximum Gasteiger partial charge on any atom is 0.268 e. The molecule has 0 aliphatic rings. The summed E-state index contributed by atoms with van der Waals surface area (Å²) in [5, 5.41) is 2.80. The Hall–Kier alpha value is -1.49. The molecule has 0 saturated heterocycles. The van der Waals surface area contributed by atoms with E-state index in [0.29, 0.717) is 31.1 Å². The molecule has 0 aliphatic carbocycles. The fraction of sp³-hybridized carbons (Fsp3) is 0.583. The van der Waals surface area contributed by atoms with Gasteiger partial charge in [0, 0.05) is 25.4 Å². The molecule has 0 aromatic carbocycles. The maximum atomic E-state index is 11.9. The third-order valence-corrected chi connectivity index (χ3v) is 2.39. The van der Waals surface area contributed by atoms with Crippen LogP contribution in [-0.2, 0) is 4.74 Å². The number of carbonyl (C=O) groups is 1. The zero-order chi connectivity index (χ0) is 12.8. The Balaban J connectivity index is 2.62. The molecule has 0 fully saturated rings. The van der Waals surface area contributed by atoms with Crippen LogP contribution in [0, 0.1) is 0 Å². The minimum atomic E-state index is -0.116. The highest BCUT2D eigenvalue weighted by Crippen LogP contribution is 2.16. The number of nitrogens with zero attached hydrogens (tertiary/aromatic N) is 1. The van der Waals surface area contributed by atoms with Crippen molar-refractivity contribution in [2.75, 3.05) is 25.5 Å². The number of ether oxygens (including phenoxy) is 1. The second-order valence-corrected chi connectivity index (χ2v) is 4.11. The number of hydrogen-bond donors (Lipinski definition) is 2. The summed E-state index contributed by atoms with van der Waals surface area (Å²) in [7, 11) is 0. The van der Waals surface area contributed by atoms with Gasteiger partial charge < -0.3 is 20.4 Å². The van der Waals surface area contributed by atoms with E-state index in [1.807, 2.05) is 25.3 Å². The molecular formula is C12H21N3O2. The van der Waals surface area contributed by atoms with Crippen LogP contribution in [0.25, 0.3) is 0 Å². The van der Waals surface area contributed by atoms with Crippen LogP contribution in [0.5, 0.6) is 0 Å². The van der Waals surface area contributed by atoms with E-state index in [9.17, 15) is 4.79 Å². The molecule has 0 aliphatic heterocycles. The van der Waals surface area contributed by atoms with Gasteiger partial charge in [0.2, 0.25) is 0 Å². The van der Waals surface area contributed by atoms with Gasteiger partial charge in [-0.3, -0.25) is 4.79 Å². The van der Waals surface area contributed by atoms with Gasteiger partial charge in [0.05, 0.1) is 12.3 Å². The normalized spacial score (nSPS) is 10.8. The van der Waals surface area contributed by atoms with Crippen molar-refractivity contribution < 1.29 is 9.53 Å². The summed E-state index contributed by atoms with van der Waals surface area (Å²) in [6.07, 6.45) is 1.78. The summed E-state index contributed by atoms with van der Waals surface area (Å²) >= 11 is 0. The van der Waals surface area contributed by atoms with Gasteiger partial charge in [0.15, 0.2) is 0 Å². The van der Waals surface area contributed by atoms with Crippen LogP contribution in [0.1, 0.15) is 37.3 Å². The van der Waals surface area contributed by atoms with Crippen molar-refractivity contribution in [1.82, 2.24) is 9.88 Å². The predicted octanol–water partition coefficient (Wildman–Crippen LogP) is 1.42. The monoisotopic (exact) mass is 239 g/mol. The fourth-order valence-electron chi connectivity index (χ4n) is 1.58. The first-order valence-corrected chi connectivity index (χ1v) is 5.89. The summed E-state index contributed by atoms with van der Waals surface area (Å²) in [5.74, 6) is -0.116. The minimum absolute atomic E-state index is 0.116. The van der Waals surface area contributed by atoms with Gasteiger partial charge in [-0.05, 0) is 26.8 Å². The van der Waals surface area contributed by atoms with Crippen molar-refractivity contribution in [1.29, 1.82) is 0 Å². The van der Waals surface area contributed by atoms with E-state index >= 15 is 0 Å². The van der Waals surface area contributed by atoms with Gasteiger partial charge in [-0.15, -0.1) is 0 Å². The number of nitrogens with one attached hydrogen (secondary N) is 1. The number of amides is 1. The summed E-state index contributed by atoms with van der Waals surface area (Å²) in [5.41, 5.74) is 6.90. The quantitative estimate of drug-likeness (QED) is 0.738. The van der Waals surface area contributed by atoms with Crippen LogP contribution in [0.2, 0.25) is 0 Å². The number of anilines is 1. The lowest BCUT2D eigenvalue weighted by atomic mass is 10.3. The minimum Gasteiger partial charge on any atom is -0.397 e. The van der Waals surface area contributed by atoms with Crippen LogP contribution >= 0.6 is 0 Å². The Labute approximate surface area is 102 Å². The van der Waals surface area contributed by atoms with Gasteiger partial charge in [-0.2, -0.15) is 0 Å². The van der Waals surface area contributed by atoms with Crippen LogP contribution in [0.4, 0.5) is 5.69 Å². The van der Waals surface area contributed by atoms with Gasteiger partial charge in [0.25, 0.3) is 5.91 Å². The molecule has 1 heterocycles. The first-order chi connectivity index (χ1) is 8.06. The Morgan fingerprint density at radius 3 is 2.88 bits per heavy atom. The van der Waals surface area contributed by atoms with Crippen LogP contribution < -0.4 is 11.1 Å². The molecule has 5 heteroatoms. The van der Waals surface area contributed by atoms with Crippen molar-refractivity contribution in [3.05, 3.63) is 18.0 Å². The molecule has 17 heavy (non-hydrogen) atoms. The van der Waals surface area contributed by atoms with Gasteiger partial charge >= 0.3 is 0 Å².